The Bertz CT molecular complexity index is 379. The lowest BCUT2D eigenvalue weighted by atomic mass is 10.1. The SMILES string of the molecule is CCC(N)C(OCC1CCCCO1)c1ccc(Br)s1. The summed E-state index contributed by atoms with van der Waals surface area (Å²) in [6.07, 6.45) is 4.64. The summed E-state index contributed by atoms with van der Waals surface area (Å²) < 4.78 is 12.9. The summed E-state index contributed by atoms with van der Waals surface area (Å²) in [5.74, 6) is 0. The van der Waals surface area contributed by atoms with Gasteiger partial charge >= 0.3 is 0 Å². The van der Waals surface area contributed by atoms with E-state index in [1.165, 1.54) is 17.7 Å². The maximum absolute atomic E-state index is 6.20. The van der Waals surface area contributed by atoms with E-state index < -0.39 is 0 Å². The highest BCUT2D eigenvalue weighted by Gasteiger charge is 2.23. The Labute approximate surface area is 127 Å². The Morgan fingerprint density at radius 2 is 2.37 bits per heavy atom. The van der Waals surface area contributed by atoms with E-state index in [0.29, 0.717) is 6.61 Å². The second-order valence-electron chi connectivity index (χ2n) is 4.96. The van der Waals surface area contributed by atoms with Crippen LogP contribution in [-0.4, -0.2) is 25.4 Å². The van der Waals surface area contributed by atoms with Crippen LogP contribution < -0.4 is 5.73 Å². The zero-order chi connectivity index (χ0) is 13.7. The van der Waals surface area contributed by atoms with Gasteiger partial charge in [0, 0.05) is 17.5 Å². The summed E-state index contributed by atoms with van der Waals surface area (Å²) in [5, 5.41) is 0. The molecule has 1 fully saturated rings. The maximum atomic E-state index is 6.20. The molecule has 3 unspecified atom stereocenters. The van der Waals surface area contributed by atoms with Gasteiger partial charge in [0.25, 0.3) is 0 Å². The van der Waals surface area contributed by atoms with E-state index in [-0.39, 0.29) is 18.2 Å². The molecule has 3 nitrogen and oxygen atoms in total. The van der Waals surface area contributed by atoms with Crippen molar-refractivity contribution in [2.45, 2.75) is 50.9 Å². The van der Waals surface area contributed by atoms with Crippen molar-refractivity contribution in [2.75, 3.05) is 13.2 Å². The summed E-state index contributed by atoms with van der Waals surface area (Å²) in [4.78, 5) is 1.19. The minimum absolute atomic E-state index is 0.0215. The Kier molecular flexibility index (Phi) is 6.29. The third-order valence-corrected chi connectivity index (χ3v) is 5.16. The van der Waals surface area contributed by atoms with Crippen molar-refractivity contribution in [1.82, 2.24) is 0 Å². The van der Waals surface area contributed by atoms with Gasteiger partial charge in [-0.1, -0.05) is 6.92 Å². The van der Waals surface area contributed by atoms with Crippen LogP contribution in [0.25, 0.3) is 0 Å². The number of hydrogen-bond acceptors (Lipinski definition) is 4. The predicted molar refractivity (Wildman–Crippen MR) is 82.6 cm³/mol. The van der Waals surface area contributed by atoms with Gasteiger partial charge in [-0.2, -0.15) is 0 Å². The molecule has 0 radical (unpaired) electrons. The number of nitrogens with two attached hydrogens (primary N) is 1. The number of hydrogen-bond donors (Lipinski definition) is 1. The smallest absolute Gasteiger partial charge is 0.107 e. The van der Waals surface area contributed by atoms with Crippen LogP contribution in [-0.2, 0) is 9.47 Å². The zero-order valence-corrected chi connectivity index (χ0v) is 13.7. The molecule has 0 bridgehead atoms. The Morgan fingerprint density at radius 3 is 2.95 bits per heavy atom. The van der Waals surface area contributed by atoms with Crippen molar-refractivity contribution < 1.29 is 9.47 Å². The van der Waals surface area contributed by atoms with Crippen LogP contribution >= 0.6 is 27.3 Å². The van der Waals surface area contributed by atoms with Gasteiger partial charge in [0.15, 0.2) is 0 Å². The number of rotatable bonds is 6. The van der Waals surface area contributed by atoms with Gasteiger partial charge in [-0.3, -0.25) is 0 Å². The lowest BCUT2D eigenvalue weighted by Crippen LogP contribution is -2.32. The largest absolute Gasteiger partial charge is 0.376 e. The fourth-order valence-corrected chi connectivity index (χ4v) is 3.81. The molecule has 108 valence electrons. The van der Waals surface area contributed by atoms with Crippen LogP contribution in [0.2, 0.25) is 0 Å². The lowest BCUT2D eigenvalue weighted by molar-refractivity contribution is -0.0686. The average Bonchev–Trinajstić information content (AvgIpc) is 2.86. The molecule has 1 aliphatic heterocycles. The highest BCUT2D eigenvalue weighted by atomic mass is 79.9. The first-order chi connectivity index (χ1) is 9.20. The van der Waals surface area contributed by atoms with Crippen LogP contribution in [0.5, 0.6) is 0 Å². The molecule has 19 heavy (non-hydrogen) atoms. The van der Waals surface area contributed by atoms with Crippen molar-refractivity contribution >= 4 is 27.3 Å². The Balaban J connectivity index is 1.93. The molecule has 3 atom stereocenters. The molecule has 0 spiro atoms. The predicted octanol–water partition coefficient (Wildman–Crippen LogP) is 3.87. The van der Waals surface area contributed by atoms with Gasteiger partial charge in [0.1, 0.15) is 6.10 Å². The van der Waals surface area contributed by atoms with E-state index in [2.05, 4.69) is 35.0 Å². The molecule has 0 amide bonds. The molecular formula is C14H22BrNO2S. The molecule has 0 saturated carbocycles. The third-order valence-electron chi connectivity index (χ3n) is 3.47. The summed E-state index contributed by atoms with van der Waals surface area (Å²) >= 11 is 5.19. The highest BCUT2D eigenvalue weighted by molar-refractivity contribution is 9.11. The molecular weight excluding hydrogens is 326 g/mol. The molecule has 2 rings (SSSR count). The topological polar surface area (TPSA) is 44.5 Å². The molecule has 1 saturated heterocycles. The Morgan fingerprint density at radius 1 is 1.53 bits per heavy atom. The van der Waals surface area contributed by atoms with Crippen LogP contribution in [0, 0.1) is 0 Å². The van der Waals surface area contributed by atoms with E-state index in [1.54, 1.807) is 11.3 Å². The quantitative estimate of drug-likeness (QED) is 0.849. The third kappa shape index (κ3) is 4.53. The highest BCUT2D eigenvalue weighted by Crippen LogP contribution is 2.32. The van der Waals surface area contributed by atoms with Crippen molar-refractivity contribution in [2.24, 2.45) is 5.73 Å². The molecule has 2 heterocycles. The summed E-state index contributed by atoms with van der Waals surface area (Å²) in [5.41, 5.74) is 6.20. The van der Waals surface area contributed by atoms with Gasteiger partial charge < -0.3 is 15.2 Å². The van der Waals surface area contributed by atoms with Crippen LogP contribution in [0.4, 0.5) is 0 Å². The van der Waals surface area contributed by atoms with E-state index in [4.69, 9.17) is 15.2 Å². The monoisotopic (exact) mass is 347 g/mol. The number of ether oxygens (including phenoxy) is 2. The van der Waals surface area contributed by atoms with Crippen LogP contribution in [0.1, 0.15) is 43.6 Å². The molecule has 1 aliphatic rings. The van der Waals surface area contributed by atoms with E-state index in [0.717, 1.165) is 23.2 Å². The fraction of sp³-hybridized carbons (Fsp3) is 0.714. The Hall–Kier alpha value is 0.0600. The first kappa shape index (κ1) is 15.4. The minimum atomic E-state index is -0.0215. The standard InChI is InChI=1S/C14H22BrNO2S/c1-2-11(16)14(12-6-7-13(15)19-12)18-9-10-5-3-4-8-17-10/h6-7,10-11,14H,2-5,8-9,16H2,1H3. The molecule has 0 aliphatic carbocycles. The molecule has 1 aromatic heterocycles. The average molecular weight is 348 g/mol. The summed E-state index contributed by atoms with van der Waals surface area (Å²) in [6.45, 7) is 3.61. The van der Waals surface area contributed by atoms with Gasteiger partial charge in [-0.15, -0.1) is 11.3 Å². The number of thiophene rings is 1. The second kappa shape index (κ2) is 7.74. The van der Waals surface area contributed by atoms with Crippen molar-refractivity contribution in [1.29, 1.82) is 0 Å². The van der Waals surface area contributed by atoms with E-state index in [9.17, 15) is 0 Å². The van der Waals surface area contributed by atoms with Gasteiger partial charge in [0.2, 0.25) is 0 Å². The minimum Gasteiger partial charge on any atom is -0.376 e. The van der Waals surface area contributed by atoms with Crippen molar-refractivity contribution in [3.05, 3.63) is 20.8 Å². The lowest BCUT2D eigenvalue weighted by Gasteiger charge is -2.27. The van der Waals surface area contributed by atoms with E-state index in [1.807, 2.05) is 0 Å². The second-order valence-corrected chi connectivity index (χ2v) is 7.45. The molecule has 2 N–H and O–H groups in total. The molecule has 1 aromatic rings. The normalized spacial score (nSPS) is 23.2. The molecule has 5 heteroatoms. The maximum Gasteiger partial charge on any atom is 0.107 e. The van der Waals surface area contributed by atoms with Crippen molar-refractivity contribution in [3.63, 3.8) is 0 Å². The number of halogens is 1. The first-order valence-electron chi connectivity index (χ1n) is 6.94. The first-order valence-corrected chi connectivity index (χ1v) is 8.55. The fourth-order valence-electron chi connectivity index (χ4n) is 2.26. The van der Waals surface area contributed by atoms with Crippen LogP contribution in [0.15, 0.2) is 15.9 Å². The van der Waals surface area contributed by atoms with Gasteiger partial charge in [-0.05, 0) is 53.7 Å². The molecule has 0 aromatic carbocycles. The van der Waals surface area contributed by atoms with Gasteiger partial charge in [0.05, 0.1) is 16.5 Å². The van der Waals surface area contributed by atoms with Crippen LogP contribution in [0.3, 0.4) is 0 Å². The van der Waals surface area contributed by atoms with E-state index >= 15 is 0 Å². The van der Waals surface area contributed by atoms with Crippen molar-refractivity contribution in [3.8, 4) is 0 Å². The zero-order valence-electron chi connectivity index (χ0n) is 11.3. The summed E-state index contributed by atoms with van der Waals surface area (Å²) in [7, 11) is 0. The van der Waals surface area contributed by atoms with Gasteiger partial charge in [-0.25, -0.2) is 0 Å². The summed E-state index contributed by atoms with van der Waals surface area (Å²) in [6, 6.07) is 4.18.